The monoisotopic (exact) mass is 334 g/mol. The number of halogens is 1. The van der Waals surface area contributed by atoms with Crippen LogP contribution in [0.1, 0.15) is 22.3 Å². The Labute approximate surface area is 143 Å². The Bertz CT molecular complexity index is 629. The third-order valence-electron chi connectivity index (χ3n) is 3.60. The van der Waals surface area contributed by atoms with E-state index < -0.39 is 0 Å². The van der Waals surface area contributed by atoms with Crippen LogP contribution >= 0.6 is 12.4 Å². The number of hydrogen-bond donors (Lipinski definition) is 1. The molecule has 0 aliphatic carbocycles. The van der Waals surface area contributed by atoms with Gasteiger partial charge in [-0.15, -0.1) is 12.4 Å². The van der Waals surface area contributed by atoms with Crippen LogP contribution < -0.4 is 10.5 Å². The van der Waals surface area contributed by atoms with Gasteiger partial charge in [-0.2, -0.15) is 0 Å². The Balaban J connectivity index is 0.00000264. The molecule has 0 radical (unpaired) electrons. The molecule has 2 rings (SSSR count). The largest absolute Gasteiger partial charge is 0.497 e. The van der Waals surface area contributed by atoms with Gasteiger partial charge in [-0.05, 0) is 48.7 Å². The van der Waals surface area contributed by atoms with E-state index in [1.165, 1.54) is 5.56 Å². The molecule has 2 aromatic carbocycles. The van der Waals surface area contributed by atoms with E-state index in [0.717, 1.165) is 18.6 Å². The number of rotatable bonds is 6. The summed E-state index contributed by atoms with van der Waals surface area (Å²) in [7, 11) is 3.48. The molecule has 5 heteroatoms. The molecular weight excluding hydrogens is 312 g/mol. The Morgan fingerprint density at radius 3 is 2.48 bits per heavy atom. The van der Waals surface area contributed by atoms with Crippen LogP contribution in [0.25, 0.3) is 0 Å². The smallest absolute Gasteiger partial charge is 0.253 e. The van der Waals surface area contributed by atoms with Gasteiger partial charge in [0.15, 0.2) is 0 Å². The summed E-state index contributed by atoms with van der Waals surface area (Å²) in [5.74, 6) is 0.861. The highest BCUT2D eigenvalue weighted by atomic mass is 35.5. The van der Waals surface area contributed by atoms with Gasteiger partial charge < -0.3 is 15.4 Å². The van der Waals surface area contributed by atoms with Crippen molar-refractivity contribution >= 4 is 24.0 Å². The molecule has 0 aromatic heterocycles. The Morgan fingerprint density at radius 2 is 1.87 bits per heavy atom. The maximum absolute atomic E-state index is 12.3. The minimum absolute atomic E-state index is 0. The van der Waals surface area contributed by atoms with Gasteiger partial charge in [0.25, 0.3) is 5.91 Å². The van der Waals surface area contributed by atoms with Crippen molar-refractivity contribution in [2.45, 2.75) is 12.8 Å². The summed E-state index contributed by atoms with van der Waals surface area (Å²) >= 11 is 0. The molecule has 0 saturated heterocycles. The Morgan fingerprint density at radius 1 is 1.17 bits per heavy atom. The van der Waals surface area contributed by atoms with E-state index in [1.54, 1.807) is 36.3 Å². The van der Waals surface area contributed by atoms with Gasteiger partial charge in [0.1, 0.15) is 5.75 Å². The van der Waals surface area contributed by atoms with Crippen molar-refractivity contribution in [1.29, 1.82) is 0 Å². The van der Waals surface area contributed by atoms with Crippen molar-refractivity contribution in [2.24, 2.45) is 0 Å². The Kier molecular flexibility index (Phi) is 7.42. The fourth-order valence-electron chi connectivity index (χ4n) is 2.31. The van der Waals surface area contributed by atoms with E-state index in [2.05, 4.69) is 12.1 Å². The van der Waals surface area contributed by atoms with E-state index in [0.29, 0.717) is 17.8 Å². The van der Waals surface area contributed by atoms with E-state index >= 15 is 0 Å². The molecular formula is C18H23ClN2O2. The van der Waals surface area contributed by atoms with Gasteiger partial charge in [0.05, 0.1) is 7.11 Å². The maximum Gasteiger partial charge on any atom is 0.253 e. The van der Waals surface area contributed by atoms with Gasteiger partial charge in [0.2, 0.25) is 0 Å². The molecule has 1 amide bonds. The summed E-state index contributed by atoms with van der Waals surface area (Å²) in [6.45, 7) is 0.708. The molecule has 2 N–H and O–H groups in total. The molecule has 0 fully saturated rings. The number of hydrogen-bond acceptors (Lipinski definition) is 3. The van der Waals surface area contributed by atoms with Crippen LogP contribution in [0.15, 0.2) is 48.5 Å². The first-order chi connectivity index (χ1) is 10.6. The van der Waals surface area contributed by atoms with E-state index in [1.807, 2.05) is 19.2 Å². The summed E-state index contributed by atoms with van der Waals surface area (Å²) in [6.07, 6.45) is 1.84. The zero-order valence-corrected chi connectivity index (χ0v) is 14.3. The van der Waals surface area contributed by atoms with Crippen molar-refractivity contribution < 1.29 is 9.53 Å². The molecule has 0 unspecified atom stereocenters. The average Bonchev–Trinajstić information content (AvgIpc) is 2.54. The van der Waals surface area contributed by atoms with Gasteiger partial charge in [-0.3, -0.25) is 4.79 Å². The lowest BCUT2D eigenvalue weighted by atomic mass is 10.1. The molecule has 23 heavy (non-hydrogen) atoms. The molecule has 0 atom stereocenters. The minimum Gasteiger partial charge on any atom is -0.497 e. The first kappa shape index (κ1) is 18.8. The highest BCUT2D eigenvalue weighted by Gasteiger charge is 2.11. The van der Waals surface area contributed by atoms with Crippen LogP contribution in [-0.4, -0.2) is 31.5 Å². The SMILES string of the molecule is COc1ccc(CCCN(C)C(=O)c2cccc(N)c2)cc1.Cl. The third kappa shape index (κ3) is 5.49. The number of nitrogens with two attached hydrogens (primary N) is 1. The second-order valence-corrected chi connectivity index (χ2v) is 5.30. The number of anilines is 1. The number of nitrogens with zero attached hydrogens (tertiary/aromatic N) is 1. The van der Waals surface area contributed by atoms with Crippen molar-refractivity contribution in [3.63, 3.8) is 0 Å². The number of carbonyl (C=O) groups excluding carboxylic acids is 1. The molecule has 4 nitrogen and oxygen atoms in total. The van der Waals surface area contributed by atoms with Crippen LogP contribution in [0.2, 0.25) is 0 Å². The van der Waals surface area contributed by atoms with E-state index in [9.17, 15) is 4.79 Å². The summed E-state index contributed by atoms with van der Waals surface area (Å²) in [4.78, 5) is 14.0. The third-order valence-corrected chi connectivity index (χ3v) is 3.60. The molecule has 0 spiro atoms. The van der Waals surface area contributed by atoms with Crippen LogP contribution in [0.3, 0.4) is 0 Å². The predicted octanol–water partition coefficient (Wildman–Crippen LogP) is 3.40. The lowest BCUT2D eigenvalue weighted by molar-refractivity contribution is 0.0793. The summed E-state index contributed by atoms with van der Waals surface area (Å²) in [5.41, 5.74) is 8.20. The van der Waals surface area contributed by atoms with Crippen LogP contribution in [0.5, 0.6) is 5.75 Å². The lowest BCUT2D eigenvalue weighted by Gasteiger charge is -2.17. The van der Waals surface area contributed by atoms with Crippen molar-refractivity contribution in [1.82, 2.24) is 4.90 Å². The second kappa shape index (κ2) is 9.06. The molecule has 0 bridgehead atoms. The van der Waals surface area contributed by atoms with E-state index in [4.69, 9.17) is 10.5 Å². The number of benzene rings is 2. The fraction of sp³-hybridized carbons (Fsp3) is 0.278. The number of aryl methyl sites for hydroxylation is 1. The maximum atomic E-state index is 12.3. The highest BCUT2D eigenvalue weighted by Crippen LogP contribution is 2.13. The minimum atomic E-state index is 0. The average molecular weight is 335 g/mol. The molecule has 0 aliphatic rings. The van der Waals surface area contributed by atoms with Gasteiger partial charge >= 0.3 is 0 Å². The van der Waals surface area contributed by atoms with Crippen LogP contribution in [0, 0.1) is 0 Å². The van der Waals surface area contributed by atoms with Gasteiger partial charge in [0, 0.05) is 24.8 Å². The van der Waals surface area contributed by atoms with Crippen LogP contribution in [-0.2, 0) is 6.42 Å². The molecule has 0 heterocycles. The van der Waals surface area contributed by atoms with Gasteiger partial charge in [-0.25, -0.2) is 0 Å². The molecule has 124 valence electrons. The zero-order chi connectivity index (χ0) is 15.9. The summed E-state index contributed by atoms with van der Waals surface area (Å²) in [5, 5.41) is 0. The Hall–Kier alpha value is -2.20. The number of nitrogen functional groups attached to an aromatic ring is 1. The summed E-state index contributed by atoms with van der Waals surface area (Å²) < 4.78 is 5.14. The van der Waals surface area contributed by atoms with Gasteiger partial charge in [-0.1, -0.05) is 18.2 Å². The standard InChI is InChI=1S/C18H22N2O2.ClH/c1-20(18(21)15-6-3-7-16(19)13-15)12-4-5-14-8-10-17(22-2)11-9-14;/h3,6-11,13H,4-5,12,19H2,1-2H3;1H. The molecule has 0 aliphatic heterocycles. The van der Waals surface area contributed by atoms with Crippen molar-refractivity contribution in [2.75, 3.05) is 26.4 Å². The van der Waals surface area contributed by atoms with E-state index in [-0.39, 0.29) is 18.3 Å². The number of carbonyl (C=O) groups is 1. The van der Waals surface area contributed by atoms with Crippen molar-refractivity contribution in [3.05, 3.63) is 59.7 Å². The van der Waals surface area contributed by atoms with Crippen LogP contribution in [0.4, 0.5) is 5.69 Å². The lowest BCUT2D eigenvalue weighted by Crippen LogP contribution is -2.28. The normalized spacial score (nSPS) is 9.83. The fourth-order valence-corrected chi connectivity index (χ4v) is 2.31. The quantitative estimate of drug-likeness (QED) is 0.824. The summed E-state index contributed by atoms with van der Waals surface area (Å²) in [6, 6.07) is 15.1. The number of amides is 1. The molecule has 0 saturated carbocycles. The second-order valence-electron chi connectivity index (χ2n) is 5.30. The number of methoxy groups -OCH3 is 1. The number of ether oxygens (including phenoxy) is 1. The first-order valence-electron chi connectivity index (χ1n) is 7.34. The van der Waals surface area contributed by atoms with Crippen molar-refractivity contribution in [3.8, 4) is 5.75 Å². The molecule has 2 aromatic rings. The highest BCUT2D eigenvalue weighted by molar-refractivity contribution is 5.94. The zero-order valence-electron chi connectivity index (χ0n) is 13.5. The predicted molar refractivity (Wildman–Crippen MR) is 96.4 cm³/mol. The first-order valence-corrected chi connectivity index (χ1v) is 7.34. The topological polar surface area (TPSA) is 55.6 Å².